The summed E-state index contributed by atoms with van der Waals surface area (Å²) in [7, 11) is 0. The maximum absolute atomic E-state index is 12.1. The second-order valence-electron chi connectivity index (χ2n) is 6.10. The minimum absolute atomic E-state index is 0.125. The Bertz CT molecular complexity index is 805. The smallest absolute Gasteiger partial charge is 0.475 e. The Morgan fingerprint density at radius 1 is 1.11 bits per heavy atom. The molecule has 1 aliphatic heterocycles. The second kappa shape index (κ2) is 9.57. The quantitative estimate of drug-likeness (QED) is 0.703. The Morgan fingerprint density at radius 2 is 1.64 bits per heavy atom. The van der Waals surface area contributed by atoms with E-state index in [2.05, 4.69) is 22.8 Å². The first-order valence-corrected chi connectivity index (χ1v) is 8.72. The van der Waals surface area contributed by atoms with Crippen molar-refractivity contribution < 1.29 is 27.9 Å². The minimum atomic E-state index is -5.08. The molecule has 28 heavy (non-hydrogen) atoms. The fourth-order valence-corrected chi connectivity index (χ4v) is 2.46. The monoisotopic (exact) mass is 414 g/mol. The number of benzene rings is 2. The SMILES string of the molecule is O=C(Nc1ccc(C[C@H]2CCN2)cc1)c1ccc(Cl)cc1.O=C(O)C(F)(F)F. The van der Waals surface area contributed by atoms with Crippen molar-refractivity contribution in [3.05, 3.63) is 64.7 Å². The summed E-state index contributed by atoms with van der Waals surface area (Å²) in [4.78, 5) is 21.0. The molecule has 1 heterocycles. The van der Waals surface area contributed by atoms with Gasteiger partial charge in [0.2, 0.25) is 0 Å². The van der Waals surface area contributed by atoms with Crippen LogP contribution >= 0.6 is 11.6 Å². The van der Waals surface area contributed by atoms with Crippen LogP contribution in [0.15, 0.2) is 48.5 Å². The van der Waals surface area contributed by atoms with Gasteiger partial charge in [0.25, 0.3) is 5.91 Å². The highest BCUT2D eigenvalue weighted by Gasteiger charge is 2.38. The van der Waals surface area contributed by atoms with Crippen molar-refractivity contribution in [1.82, 2.24) is 5.32 Å². The van der Waals surface area contributed by atoms with E-state index < -0.39 is 12.1 Å². The van der Waals surface area contributed by atoms with Gasteiger partial charge in [0, 0.05) is 22.3 Å². The van der Waals surface area contributed by atoms with Crippen molar-refractivity contribution >= 4 is 29.2 Å². The molecule has 0 aliphatic carbocycles. The van der Waals surface area contributed by atoms with Gasteiger partial charge < -0.3 is 15.7 Å². The molecule has 1 aliphatic rings. The Hall–Kier alpha value is -2.58. The summed E-state index contributed by atoms with van der Waals surface area (Å²) in [5, 5.41) is 14.0. The third-order valence-corrected chi connectivity index (χ3v) is 4.22. The van der Waals surface area contributed by atoms with E-state index >= 15 is 0 Å². The molecule has 1 saturated heterocycles. The first-order chi connectivity index (χ1) is 13.1. The number of carboxylic acid groups (broad SMARTS) is 1. The summed E-state index contributed by atoms with van der Waals surface area (Å²) >= 11 is 5.82. The van der Waals surface area contributed by atoms with Crippen molar-refractivity contribution in [2.45, 2.75) is 25.1 Å². The van der Waals surface area contributed by atoms with Gasteiger partial charge in [0.05, 0.1) is 0 Å². The van der Waals surface area contributed by atoms with E-state index in [9.17, 15) is 18.0 Å². The van der Waals surface area contributed by atoms with E-state index in [-0.39, 0.29) is 5.91 Å². The number of rotatable bonds is 4. The number of carbonyl (C=O) groups excluding carboxylic acids is 1. The van der Waals surface area contributed by atoms with Crippen molar-refractivity contribution in [3.63, 3.8) is 0 Å². The van der Waals surface area contributed by atoms with Crippen molar-refractivity contribution in [1.29, 1.82) is 0 Å². The Labute approximate surface area is 164 Å². The van der Waals surface area contributed by atoms with Crippen LogP contribution in [0.2, 0.25) is 5.02 Å². The zero-order chi connectivity index (χ0) is 20.7. The predicted octanol–water partition coefficient (Wildman–Crippen LogP) is 4.13. The summed E-state index contributed by atoms with van der Waals surface area (Å²) < 4.78 is 31.7. The van der Waals surface area contributed by atoms with Crippen LogP contribution in [-0.2, 0) is 11.2 Å². The molecule has 0 aromatic heterocycles. The van der Waals surface area contributed by atoms with Gasteiger partial charge in [0.1, 0.15) is 0 Å². The van der Waals surface area contributed by atoms with Crippen LogP contribution in [0.25, 0.3) is 0 Å². The molecule has 9 heteroatoms. The number of hydrogen-bond acceptors (Lipinski definition) is 3. The maximum atomic E-state index is 12.1. The molecule has 3 rings (SSSR count). The van der Waals surface area contributed by atoms with Crippen LogP contribution < -0.4 is 10.6 Å². The van der Waals surface area contributed by atoms with Crippen LogP contribution in [0.4, 0.5) is 18.9 Å². The van der Waals surface area contributed by atoms with Gasteiger partial charge in [-0.3, -0.25) is 4.79 Å². The molecule has 3 N–H and O–H groups in total. The summed E-state index contributed by atoms with van der Waals surface area (Å²) in [5.41, 5.74) is 2.69. The first-order valence-electron chi connectivity index (χ1n) is 8.34. The molecule has 1 fully saturated rings. The van der Waals surface area contributed by atoms with E-state index in [4.69, 9.17) is 21.5 Å². The largest absolute Gasteiger partial charge is 0.490 e. The van der Waals surface area contributed by atoms with E-state index in [1.807, 2.05) is 12.1 Å². The molecule has 0 radical (unpaired) electrons. The van der Waals surface area contributed by atoms with Gasteiger partial charge in [0.15, 0.2) is 0 Å². The maximum Gasteiger partial charge on any atom is 0.490 e. The Kier molecular flexibility index (Phi) is 7.42. The Morgan fingerprint density at radius 3 is 2.07 bits per heavy atom. The van der Waals surface area contributed by atoms with Crippen LogP contribution in [-0.4, -0.2) is 35.7 Å². The molecule has 150 valence electrons. The summed E-state index contributed by atoms with van der Waals surface area (Å²) in [6.45, 7) is 1.12. The number of hydrogen-bond donors (Lipinski definition) is 3. The molecule has 2 aromatic carbocycles. The fourth-order valence-electron chi connectivity index (χ4n) is 2.34. The van der Waals surface area contributed by atoms with Crippen molar-refractivity contribution in [2.24, 2.45) is 0 Å². The highest BCUT2D eigenvalue weighted by atomic mass is 35.5. The van der Waals surface area contributed by atoms with Gasteiger partial charge in [-0.1, -0.05) is 23.7 Å². The average Bonchev–Trinajstić information content (AvgIpc) is 2.60. The lowest BCUT2D eigenvalue weighted by atomic mass is 9.98. The summed E-state index contributed by atoms with van der Waals surface area (Å²) in [6, 6.07) is 15.5. The van der Waals surface area contributed by atoms with E-state index in [1.54, 1.807) is 24.3 Å². The number of amides is 1. The van der Waals surface area contributed by atoms with Gasteiger partial charge in [-0.2, -0.15) is 13.2 Å². The second-order valence-corrected chi connectivity index (χ2v) is 6.54. The van der Waals surface area contributed by atoms with Gasteiger partial charge in [-0.25, -0.2) is 4.79 Å². The van der Waals surface area contributed by atoms with Gasteiger partial charge in [-0.05, 0) is 61.3 Å². The standard InChI is InChI=1S/C17H17ClN2O.C2HF3O2/c18-14-5-3-13(4-6-14)17(21)20-15-7-1-12(2-8-15)11-16-9-10-19-16;3-2(4,5)1(6)7/h1-8,16,19H,9-11H2,(H,20,21);(H,6,7)/t16-;/m1./s1. The van der Waals surface area contributed by atoms with E-state index in [1.165, 1.54) is 12.0 Å². The van der Waals surface area contributed by atoms with Gasteiger partial charge in [-0.15, -0.1) is 0 Å². The highest BCUT2D eigenvalue weighted by Crippen LogP contribution is 2.16. The molecule has 0 saturated carbocycles. The van der Waals surface area contributed by atoms with Crippen LogP contribution in [0.5, 0.6) is 0 Å². The summed E-state index contributed by atoms with van der Waals surface area (Å²) in [5.74, 6) is -2.88. The lowest BCUT2D eigenvalue weighted by molar-refractivity contribution is -0.192. The number of anilines is 1. The van der Waals surface area contributed by atoms with E-state index in [0.717, 1.165) is 18.7 Å². The lowest BCUT2D eigenvalue weighted by Crippen LogP contribution is -2.44. The number of alkyl halides is 3. The molecule has 0 spiro atoms. The third kappa shape index (κ3) is 6.86. The molecule has 1 atom stereocenters. The Balaban J connectivity index is 0.000000345. The third-order valence-electron chi connectivity index (χ3n) is 3.97. The molecular weight excluding hydrogens is 397 g/mol. The first kappa shape index (κ1) is 21.7. The summed E-state index contributed by atoms with van der Waals surface area (Å²) in [6.07, 6.45) is -2.79. The predicted molar refractivity (Wildman–Crippen MR) is 99.6 cm³/mol. The molecule has 0 bridgehead atoms. The molecule has 1 amide bonds. The van der Waals surface area contributed by atoms with Crippen molar-refractivity contribution in [3.8, 4) is 0 Å². The normalized spacial score (nSPS) is 15.6. The molecular formula is C19H18ClF3N2O3. The van der Waals surface area contributed by atoms with Crippen molar-refractivity contribution in [2.75, 3.05) is 11.9 Å². The topological polar surface area (TPSA) is 78.4 Å². The lowest BCUT2D eigenvalue weighted by Gasteiger charge is -2.27. The number of aliphatic carboxylic acids is 1. The van der Waals surface area contributed by atoms with Crippen LogP contribution in [0.3, 0.4) is 0 Å². The van der Waals surface area contributed by atoms with Gasteiger partial charge >= 0.3 is 12.1 Å². The number of carboxylic acids is 1. The fraction of sp³-hybridized carbons (Fsp3) is 0.263. The van der Waals surface area contributed by atoms with Crippen LogP contribution in [0, 0.1) is 0 Å². The zero-order valence-electron chi connectivity index (χ0n) is 14.6. The minimum Gasteiger partial charge on any atom is -0.475 e. The van der Waals surface area contributed by atoms with Crippen LogP contribution in [0.1, 0.15) is 22.3 Å². The number of nitrogens with one attached hydrogen (secondary N) is 2. The average molecular weight is 415 g/mol. The molecule has 5 nitrogen and oxygen atoms in total. The van der Waals surface area contributed by atoms with E-state index in [0.29, 0.717) is 16.6 Å². The molecule has 2 aromatic rings. The number of halogens is 4. The zero-order valence-corrected chi connectivity index (χ0v) is 15.3. The highest BCUT2D eigenvalue weighted by molar-refractivity contribution is 6.30. The number of carbonyl (C=O) groups is 2. The molecule has 0 unspecified atom stereocenters.